The van der Waals surface area contributed by atoms with E-state index < -0.39 is 23.2 Å². The highest BCUT2D eigenvalue weighted by molar-refractivity contribution is 6.36. The van der Waals surface area contributed by atoms with E-state index in [0.717, 1.165) is 49.7 Å². The third kappa shape index (κ3) is 9.47. The fourth-order valence-electron chi connectivity index (χ4n) is 7.52. The molecule has 2 aliphatic heterocycles. The lowest BCUT2D eigenvalue weighted by Crippen LogP contribution is -2.36. The zero-order valence-corrected chi connectivity index (χ0v) is 37.3. The molecule has 0 spiro atoms. The zero-order chi connectivity index (χ0) is 45.9. The molecule has 8 aromatic rings. The summed E-state index contributed by atoms with van der Waals surface area (Å²) in [6.07, 6.45) is 2.75. The Morgan fingerprint density at radius 2 is 0.909 bits per heavy atom. The molecule has 4 aromatic carbocycles. The number of fused-ring (bicyclic) bond motifs is 2. The molecular formula is C46H32Cl4F2N10O4. The molecule has 2 saturated heterocycles. The van der Waals surface area contributed by atoms with Gasteiger partial charge in [0.15, 0.2) is 10.3 Å². The zero-order valence-electron chi connectivity index (χ0n) is 34.3. The van der Waals surface area contributed by atoms with Crippen LogP contribution in [0, 0.1) is 11.6 Å². The summed E-state index contributed by atoms with van der Waals surface area (Å²) in [6, 6.07) is 22.2. The molecule has 2 fully saturated rings. The van der Waals surface area contributed by atoms with Gasteiger partial charge >= 0.3 is 0 Å². The van der Waals surface area contributed by atoms with Crippen LogP contribution in [0.15, 0.2) is 97.6 Å². The molecule has 2 aliphatic rings. The van der Waals surface area contributed by atoms with E-state index in [1.54, 1.807) is 0 Å². The Kier molecular flexibility index (Phi) is 13.3. The van der Waals surface area contributed by atoms with Crippen LogP contribution in [-0.4, -0.2) is 105 Å². The number of ketones is 2. The molecule has 0 radical (unpaired) electrons. The third-order valence-electron chi connectivity index (χ3n) is 10.8. The Morgan fingerprint density at radius 1 is 0.500 bits per heavy atom. The number of anilines is 2. The summed E-state index contributed by atoms with van der Waals surface area (Å²) in [5.74, 6) is -2.20. The summed E-state index contributed by atoms with van der Waals surface area (Å²) in [4.78, 5) is 47.7. The highest BCUT2D eigenvalue weighted by Gasteiger charge is 2.23. The molecule has 14 nitrogen and oxygen atoms in total. The predicted molar refractivity (Wildman–Crippen MR) is 247 cm³/mol. The first-order chi connectivity index (χ1) is 32.0. The van der Waals surface area contributed by atoms with Crippen molar-refractivity contribution < 1.29 is 27.8 Å². The molecule has 4 aromatic heterocycles. The van der Waals surface area contributed by atoms with Crippen molar-refractivity contribution in [3.05, 3.63) is 152 Å². The van der Waals surface area contributed by atoms with Crippen LogP contribution >= 0.6 is 46.4 Å². The van der Waals surface area contributed by atoms with Gasteiger partial charge in [0.25, 0.3) is 0 Å². The molecule has 0 bridgehead atoms. The molecule has 0 aliphatic carbocycles. The highest BCUT2D eigenvalue weighted by Crippen LogP contribution is 2.36. The molecule has 10 rings (SSSR count). The molecule has 0 N–H and O–H groups in total. The van der Waals surface area contributed by atoms with E-state index in [1.165, 1.54) is 49.1 Å². The van der Waals surface area contributed by atoms with Gasteiger partial charge in [0.2, 0.25) is 11.6 Å². The second kappa shape index (κ2) is 19.6. The maximum Gasteiger partial charge on any atom is 0.214 e. The van der Waals surface area contributed by atoms with Crippen LogP contribution in [0.5, 0.6) is 0 Å². The highest BCUT2D eigenvalue weighted by atomic mass is 35.5. The lowest BCUT2D eigenvalue weighted by atomic mass is 10.00. The molecule has 6 heterocycles. The number of nitrogens with zero attached hydrogens (tertiary/aromatic N) is 10. The van der Waals surface area contributed by atoms with Crippen molar-refractivity contribution in [2.45, 2.75) is 0 Å². The van der Waals surface area contributed by atoms with Gasteiger partial charge < -0.3 is 19.3 Å². The minimum atomic E-state index is -0.601. The van der Waals surface area contributed by atoms with E-state index in [1.807, 2.05) is 36.4 Å². The number of halogens is 6. The number of hydrogen-bond donors (Lipinski definition) is 0. The van der Waals surface area contributed by atoms with Crippen LogP contribution in [0.2, 0.25) is 20.4 Å². The fraction of sp³-hybridized carbons (Fsp3) is 0.174. The molecule has 0 unspecified atom stereocenters. The van der Waals surface area contributed by atoms with Crippen molar-refractivity contribution in [1.82, 2.24) is 40.3 Å². The Morgan fingerprint density at radius 3 is 1.29 bits per heavy atom. The summed E-state index contributed by atoms with van der Waals surface area (Å²) in [6.45, 7) is 5.80. The Labute approximate surface area is 394 Å². The van der Waals surface area contributed by atoms with Gasteiger partial charge in [-0.15, -0.1) is 20.4 Å². The van der Waals surface area contributed by atoms with Crippen LogP contribution in [0.25, 0.3) is 44.3 Å². The largest absolute Gasteiger partial charge is 0.378 e. The molecule has 0 amide bonds. The Balaban J connectivity index is 0.000000166. The number of carbonyl (C=O) groups excluding carboxylic acids is 2. The van der Waals surface area contributed by atoms with Crippen molar-refractivity contribution in [2.24, 2.45) is 0 Å². The second-order valence-corrected chi connectivity index (χ2v) is 16.4. The number of rotatable bonds is 8. The molecule has 66 heavy (non-hydrogen) atoms. The number of morpholine rings is 2. The lowest BCUT2D eigenvalue weighted by Gasteiger charge is -2.29. The van der Waals surface area contributed by atoms with Gasteiger partial charge in [-0.25, -0.2) is 28.7 Å². The van der Waals surface area contributed by atoms with E-state index in [2.05, 4.69) is 50.1 Å². The quantitative estimate of drug-likeness (QED) is 0.133. The minimum Gasteiger partial charge on any atom is -0.378 e. The van der Waals surface area contributed by atoms with Gasteiger partial charge in [0.05, 0.1) is 58.9 Å². The molecule has 0 saturated carbocycles. The van der Waals surface area contributed by atoms with Crippen LogP contribution in [0.4, 0.5) is 20.2 Å². The number of ether oxygens (including phenoxy) is 2. The van der Waals surface area contributed by atoms with E-state index in [9.17, 15) is 9.59 Å². The molecular weight excluding hydrogens is 936 g/mol. The van der Waals surface area contributed by atoms with Crippen LogP contribution in [-0.2, 0) is 9.47 Å². The smallest absolute Gasteiger partial charge is 0.214 e. The first-order valence-corrected chi connectivity index (χ1v) is 21.7. The average Bonchev–Trinajstić information content (AvgIpc) is 3.34. The number of aromatic nitrogens is 8. The number of benzene rings is 4. The topological polar surface area (TPSA) is 162 Å². The summed E-state index contributed by atoms with van der Waals surface area (Å²) in [5, 5.41) is 16.5. The van der Waals surface area contributed by atoms with Crippen molar-refractivity contribution in [1.29, 1.82) is 0 Å². The maximum absolute atomic E-state index is 15.0. The van der Waals surface area contributed by atoms with Crippen molar-refractivity contribution >= 4 is 91.2 Å². The van der Waals surface area contributed by atoms with Crippen molar-refractivity contribution in [3.63, 3.8) is 0 Å². The molecule has 20 heteroatoms. The van der Waals surface area contributed by atoms with E-state index in [0.29, 0.717) is 59.6 Å². The van der Waals surface area contributed by atoms with Crippen LogP contribution in [0.3, 0.4) is 0 Å². The number of carbonyl (C=O) groups is 2. The summed E-state index contributed by atoms with van der Waals surface area (Å²) in [5.41, 5.74) is 4.58. The standard InChI is InChI=1S/2C23H16Cl2FN5O2/c2*24-17-11-18(26)16(10-15(17)23(32)19-3-4-21(25)30-29-19)22-14-2-1-13(9-20(14)27-12-28-22)31-5-7-33-8-6-31/h2*1-4,9-12H,5-8H2. The van der Waals surface area contributed by atoms with Gasteiger partial charge in [0.1, 0.15) is 35.7 Å². The summed E-state index contributed by atoms with van der Waals surface area (Å²) in [7, 11) is 0. The monoisotopic (exact) mass is 966 g/mol. The third-order valence-corrected chi connectivity index (χ3v) is 11.9. The van der Waals surface area contributed by atoms with Gasteiger partial charge in [-0.2, -0.15) is 0 Å². The van der Waals surface area contributed by atoms with Crippen molar-refractivity contribution in [2.75, 3.05) is 62.4 Å². The average molecular weight is 969 g/mol. The maximum atomic E-state index is 15.0. The van der Waals surface area contributed by atoms with Crippen LogP contribution < -0.4 is 9.80 Å². The molecule has 332 valence electrons. The van der Waals surface area contributed by atoms with Gasteiger partial charge in [-0.3, -0.25) is 9.59 Å². The van der Waals surface area contributed by atoms with Gasteiger partial charge in [-0.1, -0.05) is 46.4 Å². The van der Waals surface area contributed by atoms with E-state index >= 15 is 8.78 Å². The van der Waals surface area contributed by atoms with Gasteiger partial charge in [0, 0.05) is 70.6 Å². The second-order valence-electron chi connectivity index (χ2n) is 14.8. The first kappa shape index (κ1) is 44.8. The fourth-order valence-corrected chi connectivity index (χ4v) is 8.19. The van der Waals surface area contributed by atoms with Crippen molar-refractivity contribution in [3.8, 4) is 22.5 Å². The molecule has 0 atom stereocenters. The Bertz CT molecular complexity index is 2930. The Hall–Kier alpha value is -6.40. The van der Waals surface area contributed by atoms with Gasteiger partial charge in [-0.05, 0) is 84.9 Å². The number of hydrogen-bond acceptors (Lipinski definition) is 14. The van der Waals surface area contributed by atoms with E-state index in [-0.39, 0.29) is 54.0 Å². The summed E-state index contributed by atoms with van der Waals surface area (Å²) < 4.78 is 40.8. The lowest BCUT2D eigenvalue weighted by molar-refractivity contribution is 0.102. The SMILES string of the molecule is O=C(c1ccc(Cl)nn1)c1cc(-c2ncnc3cc(N4CCOCC4)ccc23)c(F)cc1Cl.O=C(c1ccc(Cl)nn1)c1cc(-c2ncnc3cc(N4CCOCC4)ccc23)c(F)cc1Cl. The minimum absolute atomic E-state index is 0.0361. The normalized spacial score (nSPS) is 14.0. The first-order valence-electron chi connectivity index (χ1n) is 20.2. The summed E-state index contributed by atoms with van der Waals surface area (Å²) >= 11 is 23.9. The predicted octanol–water partition coefficient (Wildman–Crippen LogP) is 9.20. The van der Waals surface area contributed by atoms with E-state index in [4.69, 9.17) is 55.9 Å². The van der Waals surface area contributed by atoms with Crippen LogP contribution in [0.1, 0.15) is 32.1 Å².